The Hall–Kier alpha value is -1.13. The second-order valence-electron chi connectivity index (χ2n) is 5.67. The fraction of sp³-hybridized carbons (Fsp3) is 0.529. The third-order valence-electron chi connectivity index (χ3n) is 3.86. The molecule has 21 heavy (non-hydrogen) atoms. The highest BCUT2D eigenvalue weighted by Crippen LogP contribution is 2.21. The Bertz CT molecular complexity index is 562. The van der Waals surface area contributed by atoms with Gasteiger partial charge in [0.1, 0.15) is 0 Å². The fourth-order valence-electron chi connectivity index (χ4n) is 2.51. The van der Waals surface area contributed by atoms with Gasteiger partial charge in [-0.2, -0.15) is 4.31 Å². The summed E-state index contributed by atoms with van der Waals surface area (Å²) in [5.74, 6) is 0.152. The Morgan fingerprint density at radius 1 is 1.05 bits per heavy atom. The van der Waals surface area contributed by atoms with Crippen molar-refractivity contribution in [2.45, 2.75) is 44.3 Å². The lowest BCUT2D eigenvalue weighted by atomic mass is 10.0. The first-order chi connectivity index (χ1) is 10.1. The molecule has 2 rings (SSSR count). The van der Waals surface area contributed by atoms with Crippen molar-refractivity contribution in [3.8, 4) is 0 Å². The average Bonchev–Trinajstić information content (AvgIpc) is 3.29. The Morgan fingerprint density at radius 2 is 1.71 bits per heavy atom. The molecule has 0 aromatic heterocycles. The van der Waals surface area contributed by atoms with Gasteiger partial charge in [-0.1, -0.05) is 43.2 Å². The molecule has 0 amide bonds. The maximum atomic E-state index is 12.1. The lowest BCUT2D eigenvalue weighted by Crippen LogP contribution is -2.15. The number of rotatable bonds is 10. The van der Waals surface area contributed by atoms with Crippen molar-refractivity contribution in [1.82, 2.24) is 4.31 Å². The van der Waals surface area contributed by atoms with Crippen LogP contribution in [0.1, 0.15) is 43.2 Å². The summed E-state index contributed by atoms with van der Waals surface area (Å²) in [7, 11) is -3.08. The lowest BCUT2D eigenvalue weighted by Gasteiger charge is -2.10. The normalized spacial score (nSPS) is 15.0. The van der Waals surface area contributed by atoms with Gasteiger partial charge < -0.3 is 0 Å². The maximum Gasteiger partial charge on any atom is 0.218 e. The van der Waals surface area contributed by atoms with Crippen LogP contribution in [-0.2, 0) is 22.2 Å². The molecule has 0 unspecified atom stereocenters. The fourth-order valence-corrected chi connectivity index (χ4v) is 4.00. The van der Waals surface area contributed by atoms with Crippen molar-refractivity contribution in [1.29, 1.82) is 0 Å². The van der Waals surface area contributed by atoms with E-state index in [1.165, 1.54) is 24.8 Å². The third-order valence-corrected chi connectivity index (χ3v) is 5.69. The predicted octanol–water partition coefficient (Wildman–Crippen LogP) is 3.51. The van der Waals surface area contributed by atoms with Crippen molar-refractivity contribution < 1.29 is 8.42 Å². The van der Waals surface area contributed by atoms with E-state index in [2.05, 4.69) is 12.6 Å². The van der Waals surface area contributed by atoms with Crippen molar-refractivity contribution in [3.05, 3.63) is 48.0 Å². The van der Waals surface area contributed by atoms with E-state index in [1.807, 2.05) is 24.3 Å². The van der Waals surface area contributed by atoms with Crippen LogP contribution < -0.4 is 0 Å². The molecule has 4 heteroatoms. The Morgan fingerprint density at radius 3 is 2.38 bits per heavy atom. The highest BCUT2D eigenvalue weighted by Gasteiger charge is 2.31. The number of nitrogens with zero attached hydrogens (tertiary/aromatic N) is 1. The maximum absolute atomic E-state index is 12.1. The SMILES string of the molecule is C=CCCCCCCc1ccccc1CS(=O)(=O)N1CC1. The zero-order valence-corrected chi connectivity index (χ0v) is 13.4. The second kappa shape index (κ2) is 7.76. The molecule has 1 aromatic carbocycles. The Labute approximate surface area is 128 Å². The molecule has 1 aromatic rings. The Balaban J connectivity index is 1.86. The largest absolute Gasteiger partial charge is 0.218 e. The quantitative estimate of drug-likeness (QED) is 0.377. The van der Waals surface area contributed by atoms with Crippen molar-refractivity contribution in [3.63, 3.8) is 0 Å². The van der Waals surface area contributed by atoms with Gasteiger partial charge in [0.05, 0.1) is 5.75 Å². The zero-order valence-electron chi connectivity index (χ0n) is 12.6. The summed E-state index contributed by atoms with van der Waals surface area (Å²) >= 11 is 0. The van der Waals surface area contributed by atoms with Crippen LogP contribution in [0, 0.1) is 0 Å². The van der Waals surface area contributed by atoms with E-state index in [1.54, 1.807) is 4.31 Å². The summed E-state index contributed by atoms with van der Waals surface area (Å²) in [6.45, 7) is 5.11. The number of hydrogen-bond donors (Lipinski definition) is 0. The van der Waals surface area contributed by atoms with Crippen LogP contribution in [0.15, 0.2) is 36.9 Å². The van der Waals surface area contributed by atoms with E-state index in [0.29, 0.717) is 13.1 Å². The first kappa shape index (κ1) is 16.2. The minimum atomic E-state index is -3.08. The first-order valence-electron chi connectivity index (χ1n) is 7.79. The molecule has 1 saturated heterocycles. The Kier molecular flexibility index (Phi) is 6.00. The second-order valence-corrected chi connectivity index (χ2v) is 7.63. The third kappa shape index (κ3) is 5.29. The van der Waals surface area contributed by atoms with E-state index < -0.39 is 10.0 Å². The van der Waals surface area contributed by atoms with E-state index in [-0.39, 0.29) is 5.75 Å². The van der Waals surface area contributed by atoms with Gasteiger partial charge in [-0.25, -0.2) is 8.42 Å². The monoisotopic (exact) mass is 307 g/mol. The molecule has 116 valence electrons. The van der Waals surface area contributed by atoms with Gasteiger partial charge in [-0.3, -0.25) is 0 Å². The summed E-state index contributed by atoms with van der Waals surface area (Å²) in [6.07, 6.45) is 8.77. The number of hydrogen-bond acceptors (Lipinski definition) is 2. The summed E-state index contributed by atoms with van der Waals surface area (Å²) < 4.78 is 25.7. The lowest BCUT2D eigenvalue weighted by molar-refractivity contribution is 0.562. The summed E-state index contributed by atoms with van der Waals surface area (Å²) in [5, 5.41) is 0. The molecular formula is C17H25NO2S. The van der Waals surface area contributed by atoms with Crippen LogP contribution >= 0.6 is 0 Å². The summed E-state index contributed by atoms with van der Waals surface area (Å²) in [4.78, 5) is 0. The van der Waals surface area contributed by atoms with Crippen molar-refractivity contribution in [2.75, 3.05) is 13.1 Å². The van der Waals surface area contributed by atoms with Crippen LogP contribution in [0.5, 0.6) is 0 Å². The molecule has 0 N–H and O–H groups in total. The number of aryl methyl sites for hydroxylation is 1. The number of unbranched alkanes of at least 4 members (excludes halogenated alkanes) is 4. The number of sulfonamides is 1. The van der Waals surface area contributed by atoms with E-state index >= 15 is 0 Å². The molecule has 0 atom stereocenters. The minimum Gasteiger partial charge on any atom is -0.212 e. The van der Waals surface area contributed by atoms with E-state index in [9.17, 15) is 8.42 Å². The highest BCUT2D eigenvalue weighted by atomic mass is 32.2. The van der Waals surface area contributed by atoms with Crippen LogP contribution in [0.3, 0.4) is 0 Å². The predicted molar refractivity (Wildman–Crippen MR) is 87.6 cm³/mol. The van der Waals surface area contributed by atoms with Gasteiger partial charge in [0.25, 0.3) is 0 Å². The molecule has 1 aliphatic rings. The zero-order chi connectivity index (χ0) is 15.1. The van der Waals surface area contributed by atoms with Crippen molar-refractivity contribution in [2.24, 2.45) is 0 Å². The number of benzene rings is 1. The average molecular weight is 307 g/mol. The molecule has 1 aliphatic heterocycles. The van der Waals surface area contributed by atoms with Crippen LogP contribution in [0.4, 0.5) is 0 Å². The first-order valence-corrected chi connectivity index (χ1v) is 9.40. The molecule has 0 saturated carbocycles. The van der Waals surface area contributed by atoms with E-state index in [0.717, 1.165) is 24.8 Å². The number of allylic oxidation sites excluding steroid dienone is 1. The van der Waals surface area contributed by atoms with Crippen LogP contribution in [-0.4, -0.2) is 25.8 Å². The molecule has 0 radical (unpaired) electrons. The molecular weight excluding hydrogens is 282 g/mol. The van der Waals surface area contributed by atoms with Crippen molar-refractivity contribution >= 4 is 10.0 Å². The molecule has 0 bridgehead atoms. The topological polar surface area (TPSA) is 37.1 Å². The molecule has 0 spiro atoms. The summed E-state index contributed by atoms with van der Waals surface area (Å²) in [6, 6.07) is 7.95. The van der Waals surface area contributed by atoms with Gasteiger partial charge in [-0.05, 0) is 36.8 Å². The highest BCUT2D eigenvalue weighted by molar-refractivity contribution is 7.88. The van der Waals surface area contributed by atoms with Crippen LogP contribution in [0.25, 0.3) is 0 Å². The molecule has 1 fully saturated rings. The smallest absolute Gasteiger partial charge is 0.212 e. The van der Waals surface area contributed by atoms with Gasteiger partial charge in [0.15, 0.2) is 0 Å². The molecule has 0 aliphatic carbocycles. The van der Waals surface area contributed by atoms with Gasteiger partial charge in [-0.15, -0.1) is 6.58 Å². The molecule has 1 heterocycles. The minimum absolute atomic E-state index is 0.152. The van der Waals surface area contributed by atoms with Gasteiger partial charge in [0.2, 0.25) is 10.0 Å². The molecule has 3 nitrogen and oxygen atoms in total. The van der Waals surface area contributed by atoms with Gasteiger partial charge in [0, 0.05) is 13.1 Å². The van der Waals surface area contributed by atoms with Gasteiger partial charge >= 0.3 is 0 Å². The van der Waals surface area contributed by atoms with Crippen LogP contribution in [0.2, 0.25) is 0 Å². The summed E-state index contributed by atoms with van der Waals surface area (Å²) in [5.41, 5.74) is 2.15. The standard InChI is InChI=1S/C17H25NO2S/c1-2-3-4-5-6-7-10-16-11-8-9-12-17(16)15-21(19,20)18-13-14-18/h2,8-9,11-12H,1,3-7,10,13-15H2. The van der Waals surface area contributed by atoms with E-state index in [4.69, 9.17) is 0 Å².